The molecule has 0 radical (unpaired) electrons. The number of fused-ring (bicyclic) bond motifs is 2. The summed E-state index contributed by atoms with van der Waals surface area (Å²) in [6.45, 7) is 1.70. The fourth-order valence-electron chi connectivity index (χ4n) is 3.68. The van der Waals surface area contributed by atoms with Crippen molar-refractivity contribution in [1.29, 1.82) is 0 Å². The Balaban J connectivity index is 1.92. The van der Waals surface area contributed by atoms with Crippen LogP contribution in [0.25, 0.3) is 0 Å². The summed E-state index contributed by atoms with van der Waals surface area (Å²) in [5.74, 6) is -2.76. The number of carbonyl (C=O) groups is 1. The van der Waals surface area contributed by atoms with Gasteiger partial charge in [-0.3, -0.25) is 4.79 Å². The third kappa shape index (κ3) is 2.52. The lowest BCUT2D eigenvalue weighted by Gasteiger charge is -2.55. The van der Waals surface area contributed by atoms with Crippen molar-refractivity contribution >= 4 is 5.78 Å². The second kappa shape index (κ2) is 6.01. The van der Waals surface area contributed by atoms with Gasteiger partial charge < -0.3 is 40.2 Å². The number of ether oxygens (including phenoxy) is 3. The number of ketones is 1. The van der Waals surface area contributed by atoms with E-state index in [4.69, 9.17) is 14.2 Å². The van der Waals surface area contributed by atoms with E-state index in [0.717, 1.165) is 0 Å². The molecule has 1 saturated carbocycles. The molecule has 23 heavy (non-hydrogen) atoms. The van der Waals surface area contributed by atoms with E-state index in [1.54, 1.807) is 21.0 Å². The van der Waals surface area contributed by atoms with Gasteiger partial charge >= 0.3 is 0 Å². The summed E-state index contributed by atoms with van der Waals surface area (Å²) in [4.78, 5) is 12.2. The fourth-order valence-corrected chi connectivity index (χ4v) is 3.68. The van der Waals surface area contributed by atoms with Gasteiger partial charge in [-0.2, -0.15) is 0 Å². The van der Waals surface area contributed by atoms with Crippen molar-refractivity contribution in [1.82, 2.24) is 10.6 Å². The Morgan fingerprint density at radius 3 is 2.35 bits per heavy atom. The molecule has 0 aromatic carbocycles. The van der Waals surface area contributed by atoms with Crippen molar-refractivity contribution in [3.8, 4) is 0 Å². The van der Waals surface area contributed by atoms with Crippen molar-refractivity contribution in [2.75, 3.05) is 14.1 Å². The molecule has 2 heterocycles. The number of hydrogen-bond acceptors (Lipinski definition) is 9. The highest BCUT2D eigenvalue weighted by molar-refractivity contribution is 5.87. The molecule has 9 atom stereocenters. The minimum atomic E-state index is -2.23. The number of hydrogen-bond donors (Lipinski definition) is 5. The lowest BCUT2D eigenvalue weighted by atomic mass is 9.80. The van der Waals surface area contributed by atoms with E-state index in [1.165, 1.54) is 0 Å². The van der Waals surface area contributed by atoms with Crippen LogP contribution in [0.2, 0.25) is 0 Å². The number of Topliss-reactive ketones (excluding diaryl/α,β-unsaturated/α-hetero) is 1. The van der Waals surface area contributed by atoms with Gasteiger partial charge in [0.05, 0.1) is 24.3 Å². The average Bonchev–Trinajstić information content (AvgIpc) is 2.49. The summed E-state index contributed by atoms with van der Waals surface area (Å²) >= 11 is 0. The Bertz CT molecular complexity index is 478. The third-order valence-corrected chi connectivity index (χ3v) is 4.93. The maximum atomic E-state index is 12.2. The first-order valence-corrected chi connectivity index (χ1v) is 7.78. The molecule has 0 spiro atoms. The minimum absolute atomic E-state index is 0.00220. The number of aliphatic hydroxyl groups excluding tert-OH is 2. The van der Waals surface area contributed by atoms with Gasteiger partial charge in [0.2, 0.25) is 6.29 Å². The van der Waals surface area contributed by atoms with Crippen LogP contribution in [0.5, 0.6) is 0 Å². The molecule has 9 nitrogen and oxygen atoms in total. The molecule has 0 aromatic rings. The highest BCUT2D eigenvalue weighted by Gasteiger charge is 2.63. The lowest BCUT2D eigenvalue weighted by Crippen LogP contribution is -2.77. The minimum Gasteiger partial charge on any atom is -0.390 e. The largest absolute Gasteiger partial charge is 0.390 e. The first-order chi connectivity index (χ1) is 10.8. The van der Waals surface area contributed by atoms with Gasteiger partial charge in [0.1, 0.15) is 18.3 Å². The van der Waals surface area contributed by atoms with Gasteiger partial charge in [-0.25, -0.2) is 0 Å². The van der Waals surface area contributed by atoms with Crippen LogP contribution < -0.4 is 10.6 Å². The van der Waals surface area contributed by atoms with E-state index in [1.807, 2.05) is 0 Å². The summed E-state index contributed by atoms with van der Waals surface area (Å²) in [6.07, 6.45) is -5.58. The molecule has 1 aliphatic carbocycles. The van der Waals surface area contributed by atoms with E-state index in [2.05, 4.69) is 10.6 Å². The van der Waals surface area contributed by atoms with Crippen molar-refractivity contribution in [2.45, 2.75) is 68.0 Å². The Kier molecular flexibility index (Phi) is 4.49. The zero-order valence-electron chi connectivity index (χ0n) is 13.3. The predicted molar refractivity (Wildman–Crippen MR) is 76.4 cm³/mol. The lowest BCUT2D eigenvalue weighted by molar-refractivity contribution is -0.420. The molecule has 3 aliphatic rings. The van der Waals surface area contributed by atoms with E-state index in [-0.39, 0.29) is 6.42 Å². The van der Waals surface area contributed by atoms with E-state index < -0.39 is 60.5 Å². The molecule has 9 heteroatoms. The van der Waals surface area contributed by atoms with Gasteiger partial charge in [0, 0.05) is 6.42 Å². The SMILES string of the molecule is CN[C@H]1[C@@H](O)[C@@H](NC)[C@H]2O[C@@]3(O)C(=O)C[C@H](C)O[C@H]3O[C@@H]2[C@H]1O. The van der Waals surface area contributed by atoms with E-state index >= 15 is 0 Å². The molecular weight excluding hydrogens is 308 g/mol. The second-order valence-electron chi connectivity index (χ2n) is 6.40. The smallest absolute Gasteiger partial charge is 0.280 e. The Morgan fingerprint density at radius 1 is 1.09 bits per heavy atom. The Morgan fingerprint density at radius 2 is 1.74 bits per heavy atom. The van der Waals surface area contributed by atoms with Crippen LogP contribution in [-0.2, 0) is 19.0 Å². The molecular formula is C14H24N2O7. The summed E-state index contributed by atoms with van der Waals surface area (Å²) in [5.41, 5.74) is 0. The van der Waals surface area contributed by atoms with Crippen LogP contribution in [0.1, 0.15) is 13.3 Å². The van der Waals surface area contributed by atoms with Gasteiger partial charge in [0.15, 0.2) is 5.78 Å². The molecule has 2 aliphatic heterocycles. The average molecular weight is 332 g/mol. The predicted octanol–water partition coefficient (Wildman–Crippen LogP) is -2.93. The van der Waals surface area contributed by atoms with Gasteiger partial charge in [-0.15, -0.1) is 0 Å². The summed E-state index contributed by atoms with van der Waals surface area (Å²) in [5, 5.41) is 37.2. The molecule has 2 saturated heterocycles. The standard InChI is InChI=1S/C14H24N2O7/c1-5-4-6(17)14(20)13(21-5)22-12-10(19)7(15-2)9(18)8(16-3)11(12)23-14/h5,7-13,15-16,18-20H,4H2,1-3H3/t5-,7-,8+,9+,10-,11+,12+,13-,14-/m0/s1. The monoisotopic (exact) mass is 332 g/mol. The van der Waals surface area contributed by atoms with Crippen LogP contribution in [0, 0.1) is 0 Å². The van der Waals surface area contributed by atoms with Crippen molar-refractivity contribution in [3.05, 3.63) is 0 Å². The number of carbonyl (C=O) groups excluding carboxylic acids is 1. The normalized spacial score (nSPS) is 53.6. The third-order valence-electron chi connectivity index (χ3n) is 4.93. The van der Waals surface area contributed by atoms with Crippen molar-refractivity contribution in [2.24, 2.45) is 0 Å². The van der Waals surface area contributed by atoms with Gasteiger partial charge in [0.25, 0.3) is 5.79 Å². The highest BCUT2D eigenvalue weighted by Crippen LogP contribution is 2.40. The topological polar surface area (TPSA) is 130 Å². The highest BCUT2D eigenvalue weighted by atomic mass is 16.8. The number of rotatable bonds is 2. The van der Waals surface area contributed by atoms with Crippen LogP contribution >= 0.6 is 0 Å². The number of nitrogens with one attached hydrogen (secondary N) is 2. The van der Waals surface area contributed by atoms with Crippen molar-refractivity contribution < 1.29 is 34.3 Å². The maximum Gasteiger partial charge on any atom is 0.280 e. The first-order valence-electron chi connectivity index (χ1n) is 7.78. The van der Waals surface area contributed by atoms with Crippen LogP contribution in [0.4, 0.5) is 0 Å². The molecule has 3 rings (SSSR count). The molecule has 0 aromatic heterocycles. The summed E-state index contributed by atoms with van der Waals surface area (Å²) in [7, 11) is 3.24. The van der Waals surface area contributed by atoms with Crippen molar-refractivity contribution in [3.63, 3.8) is 0 Å². The Hall–Kier alpha value is -0.650. The fraction of sp³-hybridized carbons (Fsp3) is 0.929. The zero-order valence-corrected chi connectivity index (χ0v) is 13.3. The zero-order chi connectivity index (χ0) is 16.9. The second-order valence-corrected chi connectivity index (χ2v) is 6.40. The Labute approximate surface area is 133 Å². The van der Waals surface area contributed by atoms with Crippen LogP contribution in [0.15, 0.2) is 0 Å². The molecule has 0 bridgehead atoms. The molecule has 0 unspecified atom stereocenters. The first kappa shape index (κ1) is 17.2. The van der Waals surface area contributed by atoms with Gasteiger partial charge in [-0.05, 0) is 21.0 Å². The number of aliphatic hydroxyl groups is 3. The van der Waals surface area contributed by atoms with Gasteiger partial charge in [-0.1, -0.05) is 0 Å². The maximum absolute atomic E-state index is 12.2. The molecule has 132 valence electrons. The summed E-state index contributed by atoms with van der Waals surface area (Å²) < 4.78 is 16.8. The number of likely N-dealkylation sites (N-methyl/N-ethyl adjacent to an activating group) is 2. The van der Waals surface area contributed by atoms with Crippen LogP contribution in [0.3, 0.4) is 0 Å². The van der Waals surface area contributed by atoms with Crippen LogP contribution in [-0.4, -0.2) is 89.9 Å². The van der Waals surface area contributed by atoms with E-state index in [0.29, 0.717) is 0 Å². The quantitative estimate of drug-likeness (QED) is 0.361. The molecule has 5 N–H and O–H groups in total. The summed E-state index contributed by atoms with van der Waals surface area (Å²) in [6, 6.07) is -1.29. The molecule has 3 fully saturated rings. The van der Waals surface area contributed by atoms with E-state index in [9.17, 15) is 20.1 Å². The molecule has 0 amide bonds.